The summed E-state index contributed by atoms with van der Waals surface area (Å²) in [5.41, 5.74) is 4.32. The van der Waals surface area contributed by atoms with Crippen molar-refractivity contribution >= 4 is 50.5 Å². The fourth-order valence-corrected chi connectivity index (χ4v) is 4.42. The summed E-state index contributed by atoms with van der Waals surface area (Å²) >= 11 is 12.3. The number of sulfonamides is 1. The van der Waals surface area contributed by atoms with E-state index in [4.69, 9.17) is 23.2 Å². The summed E-state index contributed by atoms with van der Waals surface area (Å²) in [4.78, 5) is 12.6. The van der Waals surface area contributed by atoms with Crippen LogP contribution in [0.3, 0.4) is 0 Å². The molecule has 0 bridgehead atoms. The highest BCUT2D eigenvalue weighted by molar-refractivity contribution is 7.92. The van der Waals surface area contributed by atoms with Gasteiger partial charge in [-0.05, 0) is 60.9 Å². The maximum Gasteiger partial charge on any atom is 0.255 e. The summed E-state index contributed by atoms with van der Waals surface area (Å²) in [5.74, 6) is -0.238. The zero-order chi connectivity index (χ0) is 22.8. The van der Waals surface area contributed by atoms with Crippen molar-refractivity contribution in [3.05, 3.63) is 93.0 Å². The number of hydrogen-bond acceptors (Lipinski definition) is 3. The number of nitrogens with zero attached hydrogens (tertiary/aromatic N) is 1. The first kappa shape index (κ1) is 23.1. The monoisotopic (exact) mass is 476 g/mol. The molecule has 5 nitrogen and oxygen atoms in total. The molecule has 0 aliphatic heterocycles. The average Bonchev–Trinajstić information content (AvgIpc) is 2.71. The minimum absolute atomic E-state index is 0.0534. The van der Waals surface area contributed by atoms with Crippen molar-refractivity contribution in [1.82, 2.24) is 0 Å². The maximum atomic E-state index is 12.6. The number of benzene rings is 3. The van der Waals surface area contributed by atoms with E-state index in [1.807, 2.05) is 32.0 Å². The lowest BCUT2D eigenvalue weighted by molar-refractivity contribution is 0.102. The predicted molar refractivity (Wildman–Crippen MR) is 128 cm³/mol. The van der Waals surface area contributed by atoms with Gasteiger partial charge in [0.05, 0.1) is 28.5 Å². The van der Waals surface area contributed by atoms with Crippen molar-refractivity contribution in [2.45, 2.75) is 20.4 Å². The third-order valence-electron chi connectivity index (χ3n) is 5.00. The van der Waals surface area contributed by atoms with Gasteiger partial charge in [0.15, 0.2) is 0 Å². The van der Waals surface area contributed by atoms with Crippen LogP contribution in [-0.2, 0) is 16.6 Å². The molecule has 31 heavy (non-hydrogen) atoms. The van der Waals surface area contributed by atoms with Gasteiger partial charge in [0.2, 0.25) is 10.0 Å². The SMILES string of the molecule is Cc1cccc(NC(=O)c2ccc(CN(c3cccc(Cl)c3Cl)S(C)(=O)=O)cc2)c1C. The molecule has 0 unspecified atom stereocenters. The third kappa shape index (κ3) is 5.39. The number of amides is 1. The van der Waals surface area contributed by atoms with Gasteiger partial charge in [-0.3, -0.25) is 9.10 Å². The molecule has 0 fully saturated rings. The van der Waals surface area contributed by atoms with Crippen LogP contribution in [0.1, 0.15) is 27.0 Å². The zero-order valence-electron chi connectivity index (χ0n) is 17.3. The Morgan fingerprint density at radius 1 is 0.968 bits per heavy atom. The van der Waals surface area contributed by atoms with Gasteiger partial charge in [0.1, 0.15) is 0 Å². The molecular formula is C23H22Cl2N2O3S. The molecule has 3 aromatic carbocycles. The number of hydrogen-bond donors (Lipinski definition) is 1. The van der Waals surface area contributed by atoms with E-state index in [2.05, 4.69) is 5.32 Å². The van der Waals surface area contributed by atoms with E-state index in [-0.39, 0.29) is 22.5 Å². The summed E-state index contributed by atoms with van der Waals surface area (Å²) in [6, 6.07) is 17.3. The molecule has 3 aromatic rings. The lowest BCUT2D eigenvalue weighted by Gasteiger charge is -2.24. The predicted octanol–water partition coefficient (Wildman–Crippen LogP) is 5.83. The molecule has 3 rings (SSSR count). The summed E-state index contributed by atoms with van der Waals surface area (Å²) in [6.07, 6.45) is 1.11. The van der Waals surface area contributed by atoms with Gasteiger partial charge in [-0.15, -0.1) is 0 Å². The molecule has 0 radical (unpaired) electrons. The largest absolute Gasteiger partial charge is 0.322 e. The Bertz CT molecular complexity index is 1230. The first-order valence-electron chi connectivity index (χ1n) is 9.46. The summed E-state index contributed by atoms with van der Waals surface area (Å²) in [6.45, 7) is 3.99. The molecule has 162 valence electrons. The van der Waals surface area contributed by atoms with E-state index in [1.54, 1.807) is 42.5 Å². The Kier molecular flexibility index (Phi) is 6.94. The first-order valence-corrected chi connectivity index (χ1v) is 12.1. The summed E-state index contributed by atoms with van der Waals surface area (Å²) in [7, 11) is -3.62. The van der Waals surface area contributed by atoms with Crippen molar-refractivity contribution < 1.29 is 13.2 Å². The van der Waals surface area contributed by atoms with Crippen molar-refractivity contribution in [2.24, 2.45) is 0 Å². The van der Waals surface area contributed by atoms with Crippen LogP contribution < -0.4 is 9.62 Å². The van der Waals surface area contributed by atoms with E-state index in [0.29, 0.717) is 16.8 Å². The highest BCUT2D eigenvalue weighted by Crippen LogP contribution is 2.34. The average molecular weight is 477 g/mol. The number of nitrogens with one attached hydrogen (secondary N) is 1. The number of aryl methyl sites for hydroxylation is 1. The molecule has 0 spiro atoms. The smallest absolute Gasteiger partial charge is 0.255 e. The Morgan fingerprint density at radius 2 is 1.61 bits per heavy atom. The lowest BCUT2D eigenvalue weighted by Crippen LogP contribution is -2.29. The minimum Gasteiger partial charge on any atom is -0.322 e. The summed E-state index contributed by atoms with van der Waals surface area (Å²) in [5, 5.41) is 3.35. The van der Waals surface area contributed by atoms with Crippen LogP contribution in [0.2, 0.25) is 10.0 Å². The van der Waals surface area contributed by atoms with E-state index >= 15 is 0 Å². The van der Waals surface area contributed by atoms with Crippen LogP contribution in [0.25, 0.3) is 0 Å². The normalized spacial score (nSPS) is 11.3. The molecule has 0 atom stereocenters. The van der Waals surface area contributed by atoms with Crippen LogP contribution in [0.4, 0.5) is 11.4 Å². The quantitative estimate of drug-likeness (QED) is 0.486. The molecule has 1 amide bonds. The molecule has 0 saturated heterocycles. The molecule has 0 aromatic heterocycles. The van der Waals surface area contributed by atoms with Gasteiger partial charge in [0.25, 0.3) is 5.91 Å². The van der Waals surface area contributed by atoms with E-state index in [9.17, 15) is 13.2 Å². The molecule has 1 N–H and O–H groups in total. The van der Waals surface area contributed by atoms with Crippen molar-refractivity contribution in [3.63, 3.8) is 0 Å². The fraction of sp³-hybridized carbons (Fsp3) is 0.174. The van der Waals surface area contributed by atoms with E-state index in [1.165, 1.54) is 4.31 Å². The van der Waals surface area contributed by atoms with Crippen molar-refractivity contribution in [3.8, 4) is 0 Å². The standard InChI is InChI=1S/C23H22Cl2N2O3S/c1-15-6-4-8-20(16(15)2)26-23(28)18-12-10-17(11-13-18)14-27(31(3,29)30)21-9-5-7-19(24)22(21)25/h4-13H,14H2,1-3H3,(H,26,28). The van der Waals surface area contributed by atoms with Crippen molar-refractivity contribution in [1.29, 1.82) is 0 Å². The summed E-state index contributed by atoms with van der Waals surface area (Å²) < 4.78 is 26.0. The Balaban J connectivity index is 1.82. The minimum atomic E-state index is -3.62. The number of halogens is 2. The maximum absolute atomic E-state index is 12.6. The van der Waals surface area contributed by atoms with Crippen LogP contribution >= 0.6 is 23.2 Å². The first-order chi connectivity index (χ1) is 14.6. The molecule has 0 heterocycles. The topological polar surface area (TPSA) is 66.5 Å². The van der Waals surface area contributed by atoms with Gasteiger partial charge in [-0.1, -0.05) is 53.5 Å². The van der Waals surface area contributed by atoms with E-state index < -0.39 is 10.0 Å². The molecular weight excluding hydrogens is 455 g/mol. The van der Waals surface area contributed by atoms with Crippen molar-refractivity contribution in [2.75, 3.05) is 15.9 Å². The third-order valence-corrected chi connectivity index (χ3v) is 6.93. The highest BCUT2D eigenvalue weighted by atomic mass is 35.5. The second-order valence-corrected chi connectivity index (χ2v) is 9.93. The van der Waals surface area contributed by atoms with E-state index in [0.717, 1.165) is 23.1 Å². The highest BCUT2D eigenvalue weighted by Gasteiger charge is 2.21. The second kappa shape index (κ2) is 9.30. The molecule has 0 aliphatic carbocycles. The molecule has 8 heteroatoms. The van der Waals surface area contributed by atoms with Gasteiger partial charge < -0.3 is 5.32 Å². The Hall–Kier alpha value is -2.54. The number of rotatable bonds is 6. The van der Waals surface area contributed by atoms with Crippen LogP contribution in [0.5, 0.6) is 0 Å². The van der Waals surface area contributed by atoms with Crippen LogP contribution in [-0.4, -0.2) is 20.6 Å². The second-order valence-electron chi connectivity index (χ2n) is 7.24. The molecule has 0 saturated carbocycles. The zero-order valence-corrected chi connectivity index (χ0v) is 19.6. The number of carbonyl (C=O) groups excluding carboxylic acids is 1. The van der Waals surface area contributed by atoms with Gasteiger partial charge in [0, 0.05) is 11.3 Å². The van der Waals surface area contributed by atoms with Gasteiger partial charge in [-0.25, -0.2) is 8.42 Å². The van der Waals surface area contributed by atoms with Crippen LogP contribution in [0, 0.1) is 13.8 Å². The fourth-order valence-electron chi connectivity index (χ4n) is 3.07. The Morgan fingerprint density at radius 3 is 2.26 bits per heavy atom. The van der Waals surface area contributed by atoms with Gasteiger partial charge in [-0.2, -0.15) is 0 Å². The van der Waals surface area contributed by atoms with Gasteiger partial charge >= 0.3 is 0 Å². The number of anilines is 2. The lowest BCUT2D eigenvalue weighted by atomic mass is 10.1. The molecule has 0 aliphatic rings. The number of carbonyl (C=O) groups is 1. The Labute approximate surface area is 192 Å². The van der Waals surface area contributed by atoms with Crippen LogP contribution in [0.15, 0.2) is 60.7 Å².